The van der Waals surface area contributed by atoms with Crippen molar-refractivity contribution in [1.82, 2.24) is 0 Å². The molecule has 10 heteroatoms. The fraction of sp³-hybridized carbons (Fsp3) is 0.824. The molecule has 0 spiro atoms. The monoisotopic (exact) mass is 855 g/mol. The first-order valence-electron chi connectivity index (χ1n) is 24.1. The van der Waals surface area contributed by atoms with E-state index in [1.807, 2.05) is 46.8 Å². The third kappa shape index (κ3) is 14.8. The maximum atomic E-state index is 14.3. The average molecular weight is 855 g/mol. The van der Waals surface area contributed by atoms with Gasteiger partial charge >= 0.3 is 5.97 Å². The van der Waals surface area contributed by atoms with Gasteiger partial charge in [-0.15, -0.1) is 0 Å². The van der Waals surface area contributed by atoms with E-state index in [2.05, 4.69) is 19.9 Å². The Labute approximate surface area is 368 Å². The van der Waals surface area contributed by atoms with Crippen LogP contribution in [0.4, 0.5) is 0 Å². The molecule has 2 heterocycles. The summed E-state index contributed by atoms with van der Waals surface area (Å²) in [6, 6.07) is 0. The van der Waals surface area contributed by atoms with Gasteiger partial charge in [0, 0.05) is 44.8 Å². The number of aliphatic hydroxyl groups is 1. The van der Waals surface area contributed by atoms with Crippen LogP contribution >= 0.6 is 0 Å². The Hall–Kier alpha value is -2.53. The molecular weight excluding hydrogens is 773 g/mol. The minimum absolute atomic E-state index is 0.0244. The second kappa shape index (κ2) is 25.1. The van der Waals surface area contributed by atoms with E-state index in [1.165, 1.54) is 26.4 Å². The highest BCUT2D eigenvalue weighted by Crippen LogP contribution is 2.38. The number of Topliss-reactive ketones (excluding diaryl/α,β-unsaturated/α-hetero) is 4. The fourth-order valence-corrected chi connectivity index (χ4v) is 10.8. The molecule has 1 N–H and O–H groups in total. The quantitative estimate of drug-likeness (QED) is 0.210. The van der Waals surface area contributed by atoms with E-state index in [4.69, 9.17) is 18.9 Å². The summed E-state index contributed by atoms with van der Waals surface area (Å²) in [4.78, 5) is 70.4. The number of esters is 1. The third-order valence-electron chi connectivity index (χ3n) is 15.0. The number of hydrogen-bond acceptors (Lipinski definition) is 10. The molecule has 2 aliphatic carbocycles. The molecule has 0 amide bonds. The van der Waals surface area contributed by atoms with Crippen LogP contribution < -0.4 is 0 Å². The van der Waals surface area contributed by atoms with E-state index >= 15 is 0 Å². The van der Waals surface area contributed by atoms with Crippen LogP contribution in [-0.2, 0) is 42.9 Å². The van der Waals surface area contributed by atoms with Crippen molar-refractivity contribution in [3.05, 3.63) is 23.8 Å². The lowest BCUT2D eigenvalue weighted by molar-refractivity contribution is -0.166. The SMILES string of the molecule is COC1CC2CCC(C)C(O2)C(=O)C(=O)C2CCCCC2C(=O)OC(C(C)CC2CCCCC2)CC(=O)C(C)CC(C)C(O)C(OC)C(=O)C(C)CC(C)CCC=CC=C1C. The molecule has 3 fully saturated rings. The number of carbonyl (C=O) groups is 5. The standard InChI is InChI=1S/C51H82O10/c1-31-18-12-10-13-19-32(2)43(58-8)29-39-25-24-33(3)49(60-39)48(56)47(55)40-22-16-17-23-41(40)51(57)61-44(35(5)28-38-20-14-11-15-21-38)30-42(52)34(4)27-37(7)46(54)50(59-9)45(53)36(6)26-31/h10,13,19,31,33-41,43-44,46,49-50,54H,11-12,14-18,20-30H2,1-9H3. The molecule has 0 aromatic heterocycles. The number of hydrogen-bond donors (Lipinski definition) is 1. The van der Waals surface area contributed by atoms with Gasteiger partial charge in [-0.05, 0) is 99.9 Å². The van der Waals surface area contributed by atoms with Gasteiger partial charge in [0.2, 0.25) is 11.6 Å². The van der Waals surface area contributed by atoms with Gasteiger partial charge in [0.25, 0.3) is 0 Å². The van der Waals surface area contributed by atoms with Crippen LogP contribution in [0.1, 0.15) is 164 Å². The number of fused-ring (bicyclic) bond motifs is 3. The van der Waals surface area contributed by atoms with Crippen molar-refractivity contribution in [2.24, 2.45) is 53.3 Å². The predicted octanol–water partition coefficient (Wildman–Crippen LogP) is 9.56. The maximum Gasteiger partial charge on any atom is 0.309 e. The van der Waals surface area contributed by atoms with Crippen molar-refractivity contribution in [1.29, 1.82) is 0 Å². The van der Waals surface area contributed by atoms with E-state index in [0.29, 0.717) is 38.0 Å². The number of ether oxygens (including phenoxy) is 4. The predicted molar refractivity (Wildman–Crippen MR) is 238 cm³/mol. The van der Waals surface area contributed by atoms with Crippen LogP contribution in [0.15, 0.2) is 23.8 Å². The van der Waals surface area contributed by atoms with Crippen LogP contribution in [0.2, 0.25) is 0 Å². The molecule has 2 aliphatic heterocycles. The van der Waals surface area contributed by atoms with E-state index in [9.17, 15) is 29.1 Å². The second-order valence-electron chi connectivity index (χ2n) is 20.1. The van der Waals surface area contributed by atoms with Crippen molar-refractivity contribution < 1.29 is 48.0 Å². The highest BCUT2D eigenvalue weighted by molar-refractivity contribution is 6.40. The summed E-state index contributed by atoms with van der Waals surface area (Å²) < 4.78 is 24.4. The molecule has 10 nitrogen and oxygen atoms in total. The maximum absolute atomic E-state index is 14.3. The molecule has 14 unspecified atom stereocenters. The van der Waals surface area contributed by atoms with Crippen molar-refractivity contribution in [2.45, 2.75) is 201 Å². The van der Waals surface area contributed by atoms with E-state index in [-0.39, 0.29) is 53.9 Å². The second-order valence-corrected chi connectivity index (χ2v) is 20.1. The number of ketones is 4. The zero-order valence-corrected chi connectivity index (χ0v) is 39.2. The van der Waals surface area contributed by atoms with Gasteiger partial charge in [0.05, 0.1) is 24.2 Å². The van der Waals surface area contributed by atoms with Crippen molar-refractivity contribution in [2.75, 3.05) is 14.2 Å². The first-order valence-corrected chi connectivity index (χ1v) is 24.1. The van der Waals surface area contributed by atoms with Crippen LogP contribution in [0.3, 0.4) is 0 Å². The Balaban J connectivity index is 1.62. The lowest BCUT2D eigenvalue weighted by Gasteiger charge is -2.37. The van der Waals surface area contributed by atoms with Gasteiger partial charge in [-0.1, -0.05) is 105 Å². The Morgan fingerprint density at radius 3 is 2.10 bits per heavy atom. The largest absolute Gasteiger partial charge is 0.461 e. The Bertz CT molecular complexity index is 1500. The Kier molecular flexibility index (Phi) is 21.0. The highest BCUT2D eigenvalue weighted by Gasteiger charge is 2.45. The highest BCUT2D eigenvalue weighted by atomic mass is 16.5. The number of allylic oxidation sites excluding steroid dienone is 3. The normalized spacial score (nSPS) is 37.7. The number of methoxy groups -OCH3 is 2. The third-order valence-corrected chi connectivity index (χ3v) is 15.0. The van der Waals surface area contributed by atoms with Gasteiger partial charge in [0.15, 0.2) is 5.78 Å². The first-order chi connectivity index (χ1) is 29.1. The number of cyclic esters (lactones) is 1. The first kappa shape index (κ1) is 51.1. The molecule has 0 aromatic rings. The lowest BCUT2D eigenvalue weighted by Crippen LogP contribution is -2.47. The minimum Gasteiger partial charge on any atom is -0.461 e. The average Bonchev–Trinajstić information content (AvgIpc) is 3.24. The van der Waals surface area contributed by atoms with Gasteiger partial charge in [-0.3, -0.25) is 24.0 Å². The summed E-state index contributed by atoms with van der Waals surface area (Å²) in [5.74, 6) is -4.04. The summed E-state index contributed by atoms with van der Waals surface area (Å²) in [6.07, 6.45) is 15.8. The Morgan fingerprint density at radius 1 is 0.754 bits per heavy atom. The van der Waals surface area contributed by atoms with Crippen LogP contribution in [-0.4, -0.2) is 85.1 Å². The molecule has 14 atom stereocenters. The van der Waals surface area contributed by atoms with Crippen molar-refractivity contribution in [3.63, 3.8) is 0 Å². The molecule has 346 valence electrons. The number of carbonyl (C=O) groups excluding carboxylic acids is 5. The van der Waals surface area contributed by atoms with Gasteiger partial charge in [0.1, 0.15) is 24.1 Å². The Morgan fingerprint density at radius 2 is 1.43 bits per heavy atom. The van der Waals surface area contributed by atoms with Gasteiger partial charge < -0.3 is 24.1 Å². The minimum atomic E-state index is -1.09. The van der Waals surface area contributed by atoms with Crippen LogP contribution in [0.25, 0.3) is 0 Å². The van der Waals surface area contributed by atoms with Gasteiger partial charge in [-0.25, -0.2) is 0 Å². The van der Waals surface area contributed by atoms with E-state index < -0.39 is 65.6 Å². The van der Waals surface area contributed by atoms with Crippen LogP contribution in [0.5, 0.6) is 0 Å². The molecular formula is C51H82O10. The number of rotatable bonds is 5. The molecule has 4 rings (SSSR count). The summed E-state index contributed by atoms with van der Waals surface area (Å²) in [6.45, 7) is 13.8. The molecule has 2 saturated carbocycles. The molecule has 0 aromatic carbocycles. The molecule has 2 bridgehead atoms. The zero-order valence-electron chi connectivity index (χ0n) is 39.2. The van der Waals surface area contributed by atoms with E-state index in [1.54, 1.807) is 7.11 Å². The topological polar surface area (TPSA) is 142 Å². The van der Waals surface area contributed by atoms with Crippen molar-refractivity contribution >= 4 is 29.1 Å². The van der Waals surface area contributed by atoms with Gasteiger partial charge in [-0.2, -0.15) is 0 Å². The van der Waals surface area contributed by atoms with Crippen molar-refractivity contribution in [3.8, 4) is 0 Å². The lowest BCUT2D eigenvalue weighted by atomic mass is 9.74. The fourth-order valence-electron chi connectivity index (χ4n) is 10.8. The molecule has 61 heavy (non-hydrogen) atoms. The summed E-state index contributed by atoms with van der Waals surface area (Å²) in [7, 11) is 3.13. The molecule has 0 radical (unpaired) electrons. The molecule has 4 aliphatic rings. The summed E-state index contributed by atoms with van der Waals surface area (Å²) in [5.41, 5.74) is 1.03. The van der Waals surface area contributed by atoms with Crippen LogP contribution in [0, 0.1) is 53.3 Å². The zero-order chi connectivity index (χ0) is 44.8. The summed E-state index contributed by atoms with van der Waals surface area (Å²) in [5, 5.41) is 11.5. The summed E-state index contributed by atoms with van der Waals surface area (Å²) >= 11 is 0. The smallest absolute Gasteiger partial charge is 0.309 e. The molecule has 1 saturated heterocycles. The number of aliphatic hydroxyl groups excluding tert-OH is 1. The van der Waals surface area contributed by atoms with E-state index in [0.717, 1.165) is 63.4 Å².